The Bertz CT molecular complexity index is 654. The number of allylic oxidation sites excluding steroid dienone is 2. The fourth-order valence-corrected chi connectivity index (χ4v) is 2.17. The van der Waals surface area contributed by atoms with Crippen molar-refractivity contribution in [1.82, 2.24) is 9.97 Å². The highest BCUT2D eigenvalue weighted by atomic mass is 15.0. The molecule has 0 spiro atoms. The van der Waals surface area contributed by atoms with Crippen LogP contribution in [0.1, 0.15) is 30.5 Å². The van der Waals surface area contributed by atoms with Gasteiger partial charge in [0.05, 0.1) is 0 Å². The predicted octanol–water partition coefficient (Wildman–Crippen LogP) is 4.38. The molecule has 0 unspecified atom stereocenters. The minimum absolute atomic E-state index is 0.802. The third-order valence-electron chi connectivity index (χ3n) is 3.31. The smallest absolute Gasteiger partial charge is 0.130 e. The molecule has 0 aliphatic heterocycles. The highest BCUT2D eigenvalue weighted by Gasteiger charge is 2.03. The average Bonchev–Trinajstić information content (AvgIpc) is 2.49. The van der Waals surface area contributed by atoms with Crippen LogP contribution in [0.3, 0.4) is 0 Å². The van der Waals surface area contributed by atoms with Gasteiger partial charge in [-0.3, -0.25) is 4.98 Å². The van der Waals surface area contributed by atoms with Crippen molar-refractivity contribution < 1.29 is 0 Å². The van der Waals surface area contributed by atoms with Crippen LogP contribution >= 0.6 is 0 Å². The molecule has 0 fully saturated rings. The number of nitrogens with one attached hydrogen (secondary N) is 1. The molecule has 3 heteroatoms. The van der Waals surface area contributed by atoms with Crippen LogP contribution in [0, 0.1) is 6.92 Å². The van der Waals surface area contributed by atoms with E-state index >= 15 is 0 Å². The van der Waals surface area contributed by atoms with Gasteiger partial charge in [-0.05, 0) is 60.7 Å². The van der Waals surface area contributed by atoms with E-state index in [9.17, 15) is 0 Å². The van der Waals surface area contributed by atoms with Crippen molar-refractivity contribution in [3.63, 3.8) is 0 Å². The monoisotopic (exact) mass is 279 g/mol. The average molecular weight is 279 g/mol. The number of anilines is 1. The summed E-state index contributed by atoms with van der Waals surface area (Å²) in [5.41, 5.74) is 5.56. The molecule has 0 bridgehead atoms. The summed E-state index contributed by atoms with van der Waals surface area (Å²) in [6.45, 7) is 10.3. The van der Waals surface area contributed by atoms with Crippen LogP contribution in [0.15, 0.2) is 55.1 Å². The Kier molecular flexibility index (Phi) is 4.88. The zero-order valence-corrected chi connectivity index (χ0v) is 12.9. The van der Waals surface area contributed by atoms with Crippen molar-refractivity contribution in [2.24, 2.45) is 0 Å². The Morgan fingerprint density at radius 2 is 2.10 bits per heavy atom. The zero-order chi connectivity index (χ0) is 15.2. The van der Waals surface area contributed by atoms with Gasteiger partial charge in [-0.15, -0.1) is 0 Å². The van der Waals surface area contributed by atoms with Gasteiger partial charge in [-0.25, -0.2) is 4.98 Å². The number of hydrogen-bond acceptors (Lipinski definition) is 3. The van der Waals surface area contributed by atoms with E-state index in [2.05, 4.69) is 41.8 Å². The molecule has 0 aliphatic carbocycles. The molecule has 2 heterocycles. The summed E-state index contributed by atoms with van der Waals surface area (Å²) in [6.07, 6.45) is 8.59. The van der Waals surface area contributed by atoms with Crippen LogP contribution in [0.2, 0.25) is 0 Å². The van der Waals surface area contributed by atoms with Gasteiger partial charge >= 0.3 is 0 Å². The molecule has 3 nitrogen and oxygen atoms in total. The summed E-state index contributed by atoms with van der Waals surface area (Å²) in [4.78, 5) is 8.53. The molecule has 0 atom stereocenters. The van der Waals surface area contributed by atoms with Gasteiger partial charge in [-0.1, -0.05) is 19.6 Å². The normalized spacial score (nSPS) is 11.3. The van der Waals surface area contributed by atoms with E-state index in [0.717, 1.165) is 29.1 Å². The van der Waals surface area contributed by atoms with E-state index in [1.165, 1.54) is 11.1 Å². The molecule has 2 aromatic rings. The van der Waals surface area contributed by atoms with Crippen LogP contribution < -0.4 is 5.32 Å². The van der Waals surface area contributed by atoms with E-state index in [-0.39, 0.29) is 0 Å². The molecule has 0 amide bonds. The lowest BCUT2D eigenvalue weighted by atomic mass is 10.0. The molecular weight excluding hydrogens is 258 g/mol. The Balaban J connectivity index is 2.14. The summed E-state index contributed by atoms with van der Waals surface area (Å²) < 4.78 is 0. The Labute approximate surface area is 126 Å². The van der Waals surface area contributed by atoms with Gasteiger partial charge in [0.2, 0.25) is 0 Å². The molecule has 108 valence electrons. The fraction of sp³-hybridized carbons (Fsp3) is 0.222. The van der Waals surface area contributed by atoms with Gasteiger partial charge < -0.3 is 5.32 Å². The lowest BCUT2D eigenvalue weighted by Gasteiger charge is -2.10. The second-order valence-electron chi connectivity index (χ2n) is 5.08. The van der Waals surface area contributed by atoms with Crippen molar-refractivity contribution >= 4 is 11.4 Å². The lowest BCUT2D eigenvalue weighted by molar-refractivity contribution is 1.10. The van der Waals surface area contributed by atoms with Gasteiger partial charge in [0.1, 0.15) is 5.82 Å². The largest absolute Gasteiger partial charge is 0.341 e. The highest BCUT2D eigenvalue weighted by Crippen LogP contribution is 2.20. The minimum atomic E-state index is 0.802. The summed E-state index contributed by atoms with van der Waals surface area (Å²) >= 11 is 0. The van der Waals surface area contributed by atoms with Crippen molar-refractivity contribution in [3.05, 3.63) is 71.8 Å². The standard InChI is InChI=1S/C18H21N3/c1-5-16-8-9-19-12-17(16)14(3)10-15(4)21-18-7-6-13(2)11-20-18/h6-12H,4-5H2,1-3H3,(H,20,21)/b14-10-. The maximum absolute atomic E-state index is 4.32. The molecular formula is C18H21N3. The van der Waals surface area contributed by atoms with Crippen LogP contribution in [0.4, 0.5) is 5.82 Å². The van der Waals surface area contributed by atoms with Gasteiger partial charge in [0.25, 0.3) is 0 Å². The lowest BCUT2D eigenvalue weighted by Crippen LogP contribution is -1.99. The predicted molar refractivity (Wildman–Crippen MR) is 89.0 cm³/mol. The van der Waals surface area contributed by atoms with Crippen molar-refractivity contribution in [2.75, 3.05) is 5.32 Å². The maximum atomic E-state index is 4.32. The highest BCUT2D eigenvalue weighted by molar-refractivity contribution is 5.69. The Morgan fingerprint density at radius 3 is 2.76 bits per heavy atom. The molecule has 0 aromatic carbocycles. The molecule has 21 heavy (non-hydrogen) atoms. The first-order valence-corrected chi connectivity index (χ1v) is 7.10. The molecule has 0 saturated carbocycles. The third kappa shape index (κ3) is 4.02. The van der Waals surface area contributed by atoms with Gasteiger partial charge in [0.15, 0.2) is 0 Å². The van der Waals surface area contributed by atoms with Crippen LogP contribution in [0.25, 0.3) is 5.57 Å². The number of pyridine rings is 2. The van der Waals surface area contributed by atoms with Crippen LogP contribution in [-0.4, -0.2) is 9.97 Å². The Hall–Kier alpha value is -2.42. The third-order valence-corrected chi connectivity index (χ3v) is 3.31. The first kappa shape index (κ1) is 15.0. The van der Waals surface area contributed by atoms with Gasteiger partial charge in [-0.2, -0.15) is 0 Å². The molecule has 2 rings (SSSR count). The van der Waals surface area contributed by atoms with E-state index in [4.69, 9.17) is 0 Å². The van der Waals surface area contributed by atoms with Crippen molar-refractivity contribution in [1.29, 1.82) is 0 Å². The van der Waals surface area contributed by atoms with E-state index in [0.29, 0.717) is 0 Å². The van der Waals surface area contributed by atoms with Crippen LogP contribution in [-0.2, 0) is 6.42 Å². The minimum Gasteiger partial charge on any atom is -0.341 e. The number of aryl methyl sites for hydroxylation is 2. The molecule has 0 aliphatic rings. The van der Waals surface area contributed by atoms with E-state index in [1.807, 2.05) is 43.7 Å². The molecule has 0 radical (unpaired) electrons. The molecule has 2 aromatic heterocycles. The van der Waals surface area contributed by atoms with E-state index < -0.39 is 0 Å². The zero-order valence-electron chi connectivity index (χ0n) is 12.9. The topological polar surface area (TPSA) is 37.8 Å². The van der Waals surface area contributed by atoms with Crippen LogP contribution in [0.5, 0.6) is 0 Å². The quantitative estimate of drug-likeness (QED) is 0.825. The molecule has 0 saturated heterocycles. The Morgan fingerprint density at radius 1 is 1.29 bits per heavy atom. The summed E-state index contributed by atoms with van der Waals surface area (Å²) in [5, 5.41) is 3.20. The number of hydrogen-bond donors (Lipinski definition) is 1. The van der Waals surface area contributed by atoms with E-state index in [1.54, 1.807) is 0 Å². The number of rotatable bonds is 5. The fourth-order valence-electron chi connectivity index (χ4n) is 2.17. The molecule has 1 N–H and O–H groups in total. The summed E-state index contributed by atoms with van der Waals surface area (Å²) in [6, 6.07) is 6.03. The first-order chi connectivity index (χ1) is 10.1. The SMILES string of the molecule is C=C(/C=C(/C)c1cnccc1CC)Nc1ccc(C)cn1. The summed E-state index contributed by atoms with van der Waals surface area (Å²) in [7, 11) is 0. The van der Waals surface area contributed by atoms with Gasteiger partial charge in [0, 0.05) is 24.3 Å². The van der Waals surface area contributed by atoms with Crippen molar-refractivity contribution in [3.8, 4) is 0 Å². The first-order valence-electron chi connectivity index (χ1n) is 7.10. The summed E-state index contributed by atoms with van der Waals surface area (Å²) in [5.74, 6) is 0.802. The van der Waals surface area contributed by atoms with Crippen molar-refractivity contribution in [2.45, 2.75) is 27.2 Å². The number of nitrogens with zero attached hydrogens (tertiary/aromatic N) is 2. The second kappa shape index (κ2) is 6.84. The number of aromatic nitrogens is 2. The second-order valence-corrected chi connectivity index (χ2v) is 5.08. The maximum Gasteiger partial charge on any atom is 0.130 e.